The molecule has 1 fully saturated rings. The molecule has 2 rings (SSSR count). The summed E-state index contributed by atoms with van der Waals surface area (Å²) in [6.45, 7) is 0. The maximum absolute atomic E-state index is 5.46. The molecular weight excluding hydrogens is 170 g/mol. The summed E-state index contributed by atoms with van der Waals surface area (Å²) in [5, 5.41) is 0. The highest BCUT2D eigenvalue weighted by Crippen LogP contribution is 2.33. The molecule has 1 aliphatic rings. The number of hydrogen-bond donors (Lipinski definition) is 2. The normalized spacial score (nSPS) is 19.4. The molecular formula is C8H13N3S. The second-order valence-electron chi connectivity index (χ2n) is 3.28. The number of thiazole rings is 1. The third kappa shape index (κ3) is 1.83. The number of rotatable bonds is 4. The zero-order valence-electron chi connectivity index (χ0n) is 6.86. The molecule has 3 nitrogen and oxygen atoms in total. The predicted molar refractivity (Wildman–Crippen MR) is 49.7 cm³/mol. The van der Waals surface area contributed by atoms with Crippen LogP contribution in [-0.2, 0) is 6.42 Å². The molecule has 0 radical (unpaired) electrons. The van der Waals surface area contributed by atoms with Crippen LogP contribution < -0.4 is 11.3 Å². The molecule has 1 unspecified atom stereocenters. The van der Waals surface area contributed by atoms with Gasteiger partial charge < -0.3 is 0 Å². The van der Waals surface area contributed by atoms with Gasteiger partial charge in [-0.05, 0) is 18.8 Å². The van der Waals surface area contributed by atoms with Crippen molar-refractivity contribution in [2.24, 2.45) is 11.8 Å². The van der Waals surface area contributed by atoms with Gasteiger partial charge in [0.2, 0.25) is 0 Å². The van der Waals surface area contributed by atoms with E-state index in [0.29, 0.717) is 6.04 Å². The zero-order valence-corrected chi connectivity index (χ0v) is 7.68. The minimum Gasteiger partial charge on any atom is -0.271 e. The molecule has 66 valence electrons. The highest BCUT2D eigenvalue weighted by atomic mass is 32.1. The van der Waals surface area contributed by atoms with Gasteiger partial charge >= 0.3 is 0 Å². The Labute approximate surface area is 76.0 Å². The first kappa shape index (κ1) is 8.16. The monoisotopic (exact) mass is 183 g/mol. The number of nitrogens with one attached hydrogen (secondary N) is 1. The van der Waals surface area contributed by atoms with Crippen LogP contribution in [0, 0.1) is 5.92 Å². The zero-order chi connectivity index (χ0) is 8.39. The molecule has 1 aliphatic carbocycles. The topological polar surface area (TPSA) is 50.9 Å². The van der Waals surface area contributed by atoms with Gasteiger partial charge in [0.15, 0.2) is 0 Å². The van der Waals surface area contributed by atoms with Crippen LogP contribution in [0.1, 0.15) is 17.7 Å². The summed E-state index contributed by atoms with van der Waals surface area (Å²) in [7, 11) is 0. The van der Waals surface area contributed by atoms with Crippen molar-refractivity contribution in [1.29, 1.82) is 0 Å². The molecule has 1 heterocycles. The fraction of sp³-hybridized carbons (Fsp3) is 0.625. The Morgan fingerprint density at radius 2 is 2.58 bits per heavy atom. The molecule has 0 aliphatic heterocycles. The Bertz CT molecular complexity index is 230. The summed E-state index contributed by atoms with van der Waals surface area (Å²) in [5.74, 6) is 6.27. The molecule has 1 aromatic heterocycles. The average molecular weight is 183 g/mol. The highest BCUT2D eigenvalue weighted by Gasteiger charge is 2.30. The van der Waals surface area contributed by atoms with E-state index in [9.17, 15) is 0 Å². The predicted octanol–water partition coefficient (Wildman–Crippen LogP) is 0.927. The van der Waals surface area contributed by atoms with Gasteiger partial charge in [-0.2, -0.15) is 0 Å². The summed E-state index contributed by atoms with van der Waals surface area (Å²) < 4.78 is 0. The van der Waals surface area contributed by atoms with Gasteiger partial charge in [0.25, 0.3) is 0 Å². The fourth-order valence-electron chi connectivity index (χ4n) is 1.42. The first-order valence-corrected chi connectivity index (χ1v) is 5.11. The van der Waals surface area contributed by atoms with Crippen LogP contribution in [0.5, 0.6) is 0 Å². The van der Waals surface area contributed by atoms with Crippen LogP contribution >= 0.6 is 11.3 Å². The average Bonchev–Trinajstić information content (AvgIpc) is 2.80. The van der Waals surface area contributed by atoms with Gasteiger partial charge in [-0.15, -0.1) is 11.3 Å². The lowest BCUT2D eigenvalue weighted by molar-refractivity contribution is 0.475. The summed E-state index contributed by atoms with van der Waals surface area (Å²) in [4.78, 5) is 5.36. The van der Waals surface area contributed by atoms with Gasteiger partial charge in [-0.25, -0.2) is 0 Å². The van der Waals surface area contributed by atoms with E-state index in [-0.39, 0.29) is 0 Å². The highest BCUT2D eigenvalue weighted by molar-refractivity contribution is 7.09. The van der Waals surface area contributed by atoms with Crippen LogP contribution in [0.25, 0.3) is 0 Å². The number of nitrogens with two attached hydrogens (primary N) is 1. The summed E-state index contributed by atoms with van der Waals surface area (Å²) in [6.07, 6.45) is 5.62. The van der Waals surface area contributed by atoms with Crippen molar-refractivity contribution in [3.63, 3.8) is 0 Å². The molecule has 3 N–H and O–H groups in total. The van der Waals surface area contributed by atoms with E-state index >= 15 is 0 Å². The van der Waals surface area contributed by atoms with E-state index in [0.717, 1.165) is 12.3 Å². The number of aromatic nitrogens is 1. The fourth-order valence-corrected chi connectivity index (χ4v) is 2.07. The van der Waals surface area contributed by atoms with Crippen LogP contribution in [0.15, 0.2) is 11.7 Å². The Kier molecular flexibility index (Phi) is 2.39. The van der Waals surface area contributed by atoms with Gasteiger partial charge in [0, 0.05) is 23.5 Å². The van der Waals surface area contributed by atoms with Crippen molar-refractivity contribution < 1.29 is 0 Å². The van der Waals surface area contributed by atoms with Gasteiger partial charge in [0.1, 0.15) is 0 Å². The van der Waals surface area contributed by atoms with E-state index in [1.807, 2.05) is 11.7 Å². The van der Waals surface area contributed by atoms with E-state index in [4.69, 9.17) is 5.84 Å². The maximum Gasteiger partial charge on any atom is 0.0794 e. The standard InChI is InChI=1S/C8H13N3S/c9-11-8(6-1-2-6)3-7-4-10-5-12-7/h4-6,8,11H,1-3,9H2. The van der Waals surface area contributed by atoms with Crippen LogP contribution in [0.3, 0.4) is 0 Å². The Morgan fingerprint density at radius 1 is 1.75 bits per heavy atom. The lowest BCUT2D eigenvalue weighted by Gasteiger charge is -2.12. The third-order valence-electron chi connectivity index (χ3n) is 2.31. The second kappa shape index (κ2) is 3.51. The molecule has 4 heteroatoms. The molecule has 1 atom stereocenters. The quantitative estimate of drug-likeness (QED) is 0.539. The SMILES string of the molecule is NNC(Cc1cncs1)C1CC1. The number of hydrazine groups is 1. The van der Waals surface area contributed by atoms with Crippen molar-refractivity contribution >= 4 is 11.3 Å². The number of nitrogens with zero attached hydrogens (tertiary/aromatic N) is 1. The van der Waals surface area contributed by atoms with Crippen molar-refractivity contribution in [3.8, 4) is 0 Å². The molecule has 12 heavy (non-hydrogen) atoms. The second-order valence-corrected chi connectivity index (χ2v) is 4.25. The molecule has 0 spiro atoms. The largest absolute Gasteiger partial charge is 0.271 e. The Morgan fingerprint density at radius 3 is 3.08 bits per heavy atom. The smallest absolute Gasteiger partial charge is 0.0794 e. The molecule has 1 saturated carbocycles. The molecule has 0 amide bonds. The molecule has 0 aromatic carbocycles. The number of hydrogen-bond acceptors (Lipinski definition) is 4. The van der Waals surface area contributed by atoms with E-state index in [2.05, 4.69) is 10.4 Å². The van der Waals surface area contributed by atoms with Gasteiger partial charge in [-0.3, -0.25) is 16.3 Å². The minimum absolute atomic E-state index is 0.463. The van der Waals surface area contributed by atoms with Crippen LogP contribution in [-0.4, -0.2) is 11.0 Å². The van der Waals surface area contributed by atoms with Crippen molar-refractivity contribution in [1.82, 2.24) is 10.4 Å². The summed E-state index contributed by atoms with van der Waals surface area (Å²) in [6, 6.07) is 0.463. The summed E-state index contributed by atoms with van der Waals surface area (Å²) >= 11 is 1.71. The minimum atomic E-state index is 0.463. The van der Waals surface area contributed by atoms with E-state index in [1.54, 1.807) is 11.3 Å². The first-order valence-electron chi connectivity index (χ1n) is 4.23. The molecule has 0 bridgehead atoms. The van der Waals surface area contributed by atoms with Crippen LogP contribution in [0.2, 0.25) is 0 Å². The van der Waals surface area contributed by atoms with E-state index < -0.39 is 0 Å². The lowest BCUT2D eigenvalue weighted by atomic mass is 10.1. The van der Waals surface area contributed by atoms with Crippen molar-refractivity contribution in [2.75, 3.05) is 0 Å². The van der Waals surface area contributed by atoms with E-state index in [1.165, 1.54) is 17.7 Å². The molecule has 1 aromatic rings. The summed E-state index contributed by atoms with van der Waals surface area (Å²) in [5.41, 5.74) is 4.75. The Balaban J connectivity index is 1.91. The third-order valence-corrected chi connectivity index (χ3v) is 3.11. The van der Waals surface area contributed by atoms with Gasteiger partial charge in [0.05, 0.1) is 5.51 Å². The van der Waals surface area contributed by atoms with Gasteiger partial charge in [-0.1, -0.05) is 0 Å². The van der Waals surface area contributed by atoms with Crippen LogP contribution in [0.4, 0.5) is 0 Å². The first-order chi connectivity index (χ1) is 5.90. The Hall–Kier alpha value is -0.450. The van der Waals surface area contributed by atoms with Crippen molar-refractivity contribution in [2.45, 2.75) is 25.3 Å². The lowest BCUT2D eigenvalue weighted by Crippen LogP contribution is -2.38. The van der Waals surface area contributed by atoms with Crippen molar-refractivity contribution in [3.05, 3.63) is 16.6 Å². The maximum atomic E-state index is 5.46. The molecule has 0 saturated heterocycles.